The van der Waals surface area contributed by atoms with Gasteiger partial charge in [0.25, 0.3) is 0 Å². The topological polar surface area (TPSA) is 92.1 Å². The highest BCUT2D eigenvalue weighted by Gasteiger charge is 2.27. The van der Waals surface area contributed by atoms with E-state index in [4.69, 9.17) is 5.73 Å². The standard InChI is InChI=1S/C22H25N5O/c1-14-12-18(23)17-13-16(9-10-19(17)25-14)26-22(28)27-20-8-5-11-24-21(20)15-6-3-2-4-7-15/h2-4,6-7,9-10,12-13,20-21,24H,5,8,11H2,1H3,(H2,23,25)(H2,26,27,28). The first-order valence-corrected chi connectivity index (χ1v) is 9.63. The van der Waals surface area contributed by atoms with Crippen molar-refractivity contribution in [3.63, 3.8) is 0 Å². The molecule has 1 saturated heterocycles. The van der Waals surface area contributed by atoms with Crippen LogP contribution in [0.3, 0.4) is 0 Å². The van der Waals surface area contributed by atoms with Crippen molar-refractivity contribution in [3.05, 3.63) is 65.9 Å². The Morgan fingerprint density at radius 3 is 2.82 bits per heavy atom. The number of fused-ring (bicyclic) bond motifs is 1. The summed E-state index contributed by atoms with van der Waals surface area (Å²) in [5.74, 6) is 0. The Morgan fingerprint density at radius 1 is 1.18 bits per heavy atom. The first kappa shape index (κ1) is 18.3. The lowest BCUT2D eigenvalue weighted by Crippen LogP contribution is -2.49. The molecule has 2 amide bonds. The number of aryl methyl sites for hydroxylation is 1. The molecule has 5 N–H and O–H groups in total. The molecule has 1 fully saturated rings. The number of urea groups is 1. The summed E-state index contributed by atoms with van der Waals surface area (Å²) in [6, 6.07) is 17.6. The SMILES string of the molecule is Cc1cc(N)c2cc(NC(=O)NC3CCCNC3c3ccccc3)ccc2n1. The first-order chi connectivity index (χ1) is 13.6. The molecular formula is C22H25N5O. The zero-order valence-corrected chi connectivity index (χ0v) is 15.9. The molecule has 2 unspecified atom stereocenters. The van der Waals surface area contributed by atoms with Gasteiger partial charge in [0.05, 0.1) is 17.6 Å². The van der Waals surface area contributed by atoms with Crippen molar-refractivity contribution in [2.75, 3.05) is 17.6 Å². The van der Waals surface area contributed by atoms with Gasteiger partial charge in [-0.15, -0.1) is 0 Å². The van der Waals surface area contributed by atoms with E-state index in [1.54, 1.807) is 0 Å². The molecule has 144 valence electrons. The van der Waals surface area contributed by atoms with E-state index in [1.807, 2.05) is 49.4 Å². The van der Waals surface area contributed by atoms with E-state index in [9.17, 15) is 4.79 Å². The number of amides is 2. The number of carbonyl (C=O) groups excluding carboxylic acids is 1. The summed E-state index contributed by atoms with van der Waals surface area (Å²) in [5.41, 5.74) is 10.4. The molecule has 0 saturated carbocycles. The number of nitrogens with zero attached hydrogens (tertiary/aromatic N) is 1. The second-order valence-corrected chi connectivity index (χ2v) is 7.27. The minimum atomic E-state index is -0.215. The molecule has 2 heterocycles. The lowest BCUT2D eigenvalue weighted by Gasteiger charge is -2.33. The van der Waals surface area contributed by atoms with E-state index in [0.29, 0.717) is 11.4 Å². The maximum absolute atomic E-state index is 12.6. The van der Waals surface area contributed by atoms with E-state index in [0.717, 1.165) is 36.0 Å². The van der Waals surface area contributed by atoms with Crippen molar-refractivity contribution < 1.29 is 4.79 Å². The number of nitrogens with one attached hydrogen (secondary N) is 3. The smallest absolute Gasteiger partial charge is 0.319 e. The predicted octanol–water partition coefficient (Wildman–Crippen LogP) is 3.74. The summed E-state index contributed by atoms with van der Waals surface area (Å²) in [6.07, 6.45) is 1.97. The van der Waals surface area contributed by atoms with Crippen molar-refractivity contribution in [2.45, 2.75) is 31.8 Å². The molecule has 3 aromatic rings. The Morgan fingerprint density at radius 2 is 2.00 bits per heavy atom. The summed E-state index contributed by atoms with van der Waals surface area (Å²) in [6.45, 7) is 2.87. The maximum atomic E-state index is 12.6. The number of pyridine rings is 1. The third-order valence-electron chi connectivity index (χ3n) is 5.16. The van der Waals surface area contributed by atoms with Crippen molar-refractivity contribution in [2.24, 2.45) is 0 Å². The zero-order chi connectivity index (χ0) is 19.5. The van der Waals surface area contributed by atoms with Gasteiger partial charge in [-0.2, -0.15) is 0 Å². The van der Waals surface area contributed by atoms with Gasteiger partial charge < -0.3 is 21.7 Å². The molecule has 2 atom stereocenters. The second-order valence-electron chi connectivity index (χ2n) is 7.27. The number of hydrogen-bond acceptors (Lipinski definition) is 4. The molecule has 1 aromatic heterocycles. The molecule has 0 spiro atoms. The van der Waals surface area contributed by atoms with Crippen LogP contribution in [0.15, 0.2) is 54.6 Å². The molecule has 28 heavy (non-hydrogen) atoms. The van der Waals surface area contributed by atoms with E-state index in [2.05, 4.69) is 33.1 Å². The predicted molar refractivity (Wildman–Crippen MR) is 113 cm³/mol. The summed E-state index contributed by atoms with van der Waals surface area (Å²) in [4.78, 5) is 17.1. The lowest BCUT2D eigenvalue weighted by molar-refractivity contribution is 0.237. The molecule has 0 radical (unpaired) electrons. The Kier molecular flexibility index (Phi) is 5.12. The van der Waals surface area contributed by atoms with Gasteiger partial charge in [0.15, 0.2) is 0 Å². The summed E-state index contributed by atoms with van der Waals surface area (Å²) in [7, 11) is 0. The van der Waals surface area contributed by atoms with Crippen molar-refractivity contribution in [1.29, 1.82) is 0 Å². The van der Waals surface area contributed by atoms with Gasteiger partial charge >= 0.3 is 6.03 Å². The molecule has 0 aliphatic carbocycles. The van der Waals surface area contributed by atoms with Crippen LogP contribution in [0, 0.1) is 6.92 Å². The summed E-state index contributed by atoms with van der Waals surface area (Å²) < 4.78 is 0. The van der Waals surface area contributed by atoms with E-state index in [1.165, 1.54) is 5.56 Å². The van der Waals surface area contributed by atoms with Gasteiger partial charge in [-0.1, -0.05) is 30.3 Å². The van der Waals surface area contributed by atoms with Crippen LogP contribution in [0.4, 0.5) is 16.2 Å². The molecule has 4 rings (SSSR count). The number of nitrogens with two attached hydrogens (primary N) is 1. The molecule has 0 bridgehead atoms. The molecule has 6 nitrogen and oxygen atoms in total. The fourth-order valence-corrected chi connectivity index (χ4v) is 3.86. The van der Waals surface area contributed by atoms with Crippen LogP contribution in [-0.2, 0) is 0 Å². The van der Waals surface area contributed by atoms with Crippen molar-refractivity contribution in [1.82, 2.24) is 15.6 Å². The number of benzene rings is 2. The fourth-order valence-electron chi connectivity index (χ4n) is 3.86. The van der Waals surface area contributed by atoms with Gasteiger partial charge in [-0.3, -0.25) is 4.98 Å². The van der Waals surface area contributed by atoms with Crippen LogP contribution in [0.25, 0.3) is 10.9 Å². The Balaban J connectivity index is 1.48. The molecule has 6 heteroatoms. The van der Waals surface area contributed by atoms with Gasteiger partial charge in [-0.25, -0.2) is 4.79 Å². The number of piperidine rings is 1. The van der Waals surface area contributed by atoms with Crippen LogP contribution in [0.5, 0.6) is 0 Å². The summed E-state index contributed by atoms with van der Waals surface area (Å²) >= 11 is 0. The minimum Gasteiger partial charge on any atom is -0.398 e. The van der Waals surface area contributed by atoms with Gasteiger partial charge in [0.1, 0.15) is 0 Å². The highest BCUT2D eigenvalue weighted by Crippen LogP contribution is 2.25. The van der Waals surface area contributed by atoms with E-state index < -0.39 is 0 Å². The van der Waals surface area contributed by atoms with E-state index >= 15 is 0 Å². The number of aromatic nitrogens is 1. The quantitative estimate of drug-likeness (QED) is 0.561. The van der Waals surface area contributed by atoms with Gasteiger partial charge in [0.2, 0.25) is 0 Å². The number of hydrogen-bond donors (Lipinski definition) is 4. The third kappa shape index (κ3) is 3.92. The number of carbonyl (C=O) groups is 1. The average molecular weight is 375 g/mol. The molecular weight excluding hydrogens is 350 g/mol. The Labute approximate surface area is 164 Å². The second kappa shape index (κ2) is 7.86. The third-order valence-corrected chi connectivity index (χ3v) is 5.16. The highest BCUT2D eigenvalue weighted by atomic mass is 16.2. The molecule has 2 aromatic carbocycles. The Hall–Kier alpha value is -3.12. The normalized spacial score (nSPS) is 19.3. The van der Waals surface area contributed by atoms with Crippen LogP contribution >= 0.6 is 0 Å². The largest absolute Gasteiger partial charge is 0.398 e. The monoisotopic (exact) mass is 375 g/mol. The first-order valence-electron chi connectivity index (χ1n) is 9.63. The van der Waals surface area contributed by atoms with Gasteiger partial charge in [-0.05, 0) is 56.1 Å². The van der Waals surface area contributed by atoms with E-state index in [-0.39, 0.29) is 18.1 Å². The minimum absolute atomic E-state index is 0.0333. The lowest BCUT2D eigenvalue weighted by atomic mass is 9.92. The highest BCUT2D eigenvalue weighted by molar-refractivity contribution is 5.96. The fraction of sp³-hybridized carbons (Fsp3) is 0.273. The molecule has 1 aliphatic rings. The van der Waals surface area contributed by atoms with Crippen LogP contribution in [0.2, 0.25) is 0 Å². The Bertz CT molecular complexity index is 989. The van der Waals surface area contributed by atoms with Crippen molar-refractivity contribution >= 4 is 28.3 Å². The van der Waals surface area contributed by atoms with Crippen LogP contribution in [0.1, 0.15) is 30.1 Å². The van der Waals surface area contributed by atoms with Gasteiger partial charge in [0, 0.05) is 22.5 Å². The molecule has 1 aliphatic heterocycles. The van der Waals surface area contributed by atoms with Crippen LogP contribution in [-0.4, -0.2) is 23.6 Å². The number of anilines is 2. The maximum Gasteiger partial charge on any atom is 0.319 e. The van der Waals surface area contributed by atoms with Crippen LogP contribution < -0.4 is 21.7 Å². The zero-order valence-electron chi connectivity index (χ0n) is 15.9. The average Bonchev–Trinajstić information content (AvgIpc) is 2.69. The van der Waals surface area contributed by atoms with Crippen molar-refractivity contribution in [3.8, 4) is 0 Å². The number of rotatable bonds is 3. The number of nitrogen functional groups attached to an aromatic ring is 1. The summed E-state index contributed by atoms with van der Waals surface area (Å²) in [5, 5.41) is 10.4.